The molecule has 2 aromatic carbocycles. The Morgan fingerprint density at radius 2 is 1.89 bits per heavy atom. The summed E-state index contributed by atoms with van der Waals surface area (Å²) in [5, 5.41) is 14.2. The molecule has 0 bridgehead atoms. The van der Waals surface area contributed by atoms with Crippen LogP contribution in [-0.4, -0.2) is 90.9 Å². The van der Waals surface area contributed by atoms with Gasteiger partial charge in [0.25, 0.3) is 0 Å². The quantitative estimate of drug-likeness (QED) is 0.146. The second-order valence-electron chi connectivity index (χ2n) is 11.4. The van der Waals surface area contributed by atoms with Gasteiger partial charge in [0.15, 0.2) is 12.6 Å². The third kappa shape index (κ3) is 9.38. The first-order valence-electron chi connectivity index (χ1n) is 14.2. The number of anilines is 1. The normalized spacial score (nSPS) is 21.7. The summed E-state index contributed by atoms with van der Waals surface area (Å²) in [6, 6.07) is 11.1. The SMILES string of the molecule is CC(C)CN(C[C@@H](O)[C@H](Cc1ccc(OCP(=O)(O)O)cc1)NC(=O)OC1CO[C@H]2OCC[C@@H]12)S(=O)(=O)c1cccc(N)c1. The Bertz CT molecular complexity index is 1420. The van der Waals surface area contributed by atoms with E-state index < -0.39 is 54.6 Å². The van der Waals surface area contributed by atoms with E-state index in [2.05, 4.69) is 5.32 Å². The van der Waals surface area contributed by atoms with E-state index in [-0.39, 0.29) is 54.3 Å². The van der Waals surface area contributed by atoms with Crippen LogP contribution in [0.1, 0.15) is 25.8 Å². The van der Waals surface area contributed by atoms with Gasteiger partial charge in [0.2, 0.25) is 10.0 Å². The van der Waals surface area contributed by atoms with E-state index in [1.165, 1.54) is 34.6 Å². The van der Waals surface area contributed by atoms with Crippen molar-refractivity contribution in [2.75, 3.05) is 38.4 Å². The molecular weight excluding hydrogens is 617 g/mol. The second kappa shape index (κ2) is 14.6. The predicted octanol–water partition coefficient (Wildman–Crippen LogP) is 1.89. The number of nitrogens with zero attached hydrogens (tertiary/aromatic N) is 1. The molecule has 0 radical (unpaired) electrons. The van der Waals surface area contributed by atoms with Gasteiger partial charge in [-0.05, 0) is 54.7 Å². The van der Waals surface area contributed by atoms with Crippen LogP contribution in [0.2, 0.25) is 0 Å². The Labute approximate surface area is 256 Å². The van der Waals surface area contributed by atoms with Crippen LogP contribution >= 0.6 is 7.60 Å². The first kappa shape index (κ1) is 34.1. The van der Waals surface area contributed by atoms with Crippen LogP contribution in [-0.2, 0) is 35.2 Å². The maximum Gasteiger partial charge on any atom is 0.407 e. The number of fused-ring (bicyclic) bond motifs is 1. The zero-order chi connectivity index (χ0) is 32.1. The first-order valence-corrected chi connectivity index (χ1v) is 17.5. The van der Waals surface area contributed by atoms with Crippen molar-refractivity contribution in [1.29, 1.82) is 0 Å². The highest BCUT2D eigenvalue weighted by Crippen LogP contribution is 2.35. The number of alkyl carbamates (subject to hydrolysis) is 1. The molecule has 4 rings (SSSR count). The molecule has 0 aromatic heterocycles. The average molecular weight is 658 g/mol. The third-order valence-corrected chi connectivity index (χ3v) is 9.54. The smallest absolute Gasteiger partial charge is 0.407 e. The van der Waals surface area contributed by atoms with Crippen LogP contribution in [0, 0.1) is 11.8 Å². The Kier molecular flexibility index (Phi) is 11.3. The van der Waals surface area contributed by atoms with E-state index in [1.54, 1.807) is 18.2 Å². The molecule has 5 atom stereocenters. The van der Waals surface area contributed by atoms with E-state index in [0.717, 1.165) is 0 Å². The summed E-state index contributed by atoms with van der Waals surface area (Å²) in [5.41, 5.74) is 6.74. The molecule has 2 saturated heterocycles. The van der Waals surface area contributed by atoms with Gasteiger partial charge in [-0.3, -0.25) is 4.57 Å². The van der Waals surface area contributed by atoms with Crippen LogP contribution in [0.3, 0.4) is 0 Å². The average Bonchev–Trinajstić information content (AvgIpc) is 3.56. The van der Waals surface area contributed by atoms with Crippen molar-refractivity contribution in [1.82, 2.24) is 9.62 Å². The van der Waals surface area contributed by atoms with Crippen molar-refractivity contribution >= 4 is 29.4 Å². The standard InChI is InChI=1S/C28H40N3O11PS/c1-18(2)14-31(44(37,38)22-5-3-4-20(29)13-22)15-25(32)24(12-19-6-8-21(9-7-19)41-17-43(34,35)36)30-28(33)42-26-16-40-27-23(26)10-11-39-27/h3-9,13,18,23-27,32H,10-12,14-17,29H2,1-2H3,(H,30,33)(H2,34,35,36)/t23-,24-,25+,26?,27+/m0/s1. The van der Waals surface area contributed by atoms with E-state index in [4.69, 9.17) is 34.5 Å². The number of nitrogens with one attached hydrogen (secondary N) is 1. The fourth-order valence-corrected chi connectivity index (χ4v) is 7.12. The summed E-state index contributed by atoms with van der Waals surface area (Å²) < 4.78 is 61.3. The molecule has 2 aliphatic heterocycles. The van der Waals surface area contributed by atoms with Gasteiger partial charge in [-0.2, -0.15) is 4.31 Å². The van der Waals surface area contributed by atoms with Crippen molar-refractivity contribution in [3.05, 3.63) is 54.1 Å². The summed E-state index contributed by atoms with van der Waals surface area (Å²) in [4.78, 5) is 31.2. The molecule has 2 fully saturated rings. The van der Waals surface area contributed by atoms with Gasteiger partial charge < -0.3 is 44.9 Å². The zero-order valence-corrected chi connectivity index (χ0v) is 26.2. The van der Waals surface area contributed by atoms with Crippen LogP contribution in [0.5, 0.6) is 5.75 Å². The summed E-state index contributed by atoms with van der Waals surface area (Å²) in [6.07, 6.45) is -3.17. The summed E-state index contributed by atoms with van der Waals surface area (Å²) >= 11 is 0. The number of carbonyl (C=O) groups is 1. The van der Waals surface area contributed by atoms with Gasteiger partial charge in [-0.1, -0.05) is 32.0 Å². The highest BCUT2D eigenvalue weighted by Gasteiger charge is 2.44. The molecule has 2 aliphatic rings. The van der Waals surface area contributed by atoms with Crippen molar-refractivity contribution in [2.24, 2.45) is 11.8 Å². The van der Waals surface area contributed by atoms with Crippen molar-refractivity contribution in [3.8, 4) is 5.75 Å². The molecule has 0 aliphatic carbocycles. The number of nitrogen functional groups attached to an aromatic ring is 1. The number of sulfonamides is 1. The molecule has 6 N–H and O–H groups in total. The lowest BCUT2D eigenvalue weighted by Gasteiger charge is -2.31. The van der Waals surface area contributed by atoms with Gasteiger partial charge in [-0.25, -0.2) is 13.2 Å². The molecule has 2 aromatic rings. The predicted molar refractivity (Wildman–Crippen MR) is 159 cm³/mol. The fourth-order valence-electron chi connectivity index (χ4n) is 5.13. The lowest BCUT2D eigenvalue weighted by molar-refractivity contribution is -0.0907. The molecule has 44 heavy (non-hydrogen) atoms. The second-order valence-corrected chi connectivity index (χ2v) is 14.9. The molecular formula is C28H40N3O11PS. The van der Waals surface area contributed by atoms with Gasteiger partial charge in [0, 0.05) is 18.8 Å². The number of aliphatic hydroxyl groups is 1. The number of rotatable bonds is 14. The van der Waals surface area contributed by atoms with E-state index in [0.29, 0.717) is 18.6 Å². The Morgan fingerprint density at radius 1 is 1.16 bits per heavy atom. The van der Waals surface area contributed by atoms with Crippen LogP contribution < -0.4 is 15.8 Å². The fraction of sp³-hybridized carbons (Fsp3) is 0.536. The highest BCUT2D eigenvalue weighted by molar-refractivity contribution is 7.89. The lowest BCUT2D eigenvalue weighted by Crippen LogP contribution is -2.51. The molecule has 1 unspecified atom stereocenters. The van der Waals surface area contributed by atoms with Gasteiger partial charge >= 0.3 is 13.7 Å². The summed E-state index contributed by atoms with van der Waals surface area (Å²) in [6.45, 7) is 4.13. The summed E-state index contributed by atoms with van der Waals surface area (Å²) in [7, 11) is -8.43. The Morgan fingerprint density at radius 3 is 2.55 bits per heavy atom. The van der Waals surface area contributed by atoms with Crippen LogP contribution in [0.4, 0.5) is 10.5 Å². The maximum atomic E-state index is 13.6. The number of nitrogens with two attached hydrogens (primary N) is 1. The number of hydrogen-bond acceptors (Lipinski definition) is 10. The largest absolute Gasteiger partial charge is 0.481 e. The van der Waals surface area contributed by atoms with Crippen molar-refractivity contribution in [3.63, 3.8) is 0 Å². The summed E-state index contributed by atoms with van der Waals surface area (Å²) in [5.74, 6) is 0.0290. The van der Waals surface area contributed by atoms with E-state index in [9.17, 15) is 22.9 Å². The lowest BCUT2D eigenvalue weighted by atomic mass is 10.0. The topological polar surface area (TPSA) is 207 Å². The Balaban J connectivity index is 1.53. The van der Waals surface area contributed by atoms with Crippen LogP contribution in [0.25, 0.3) is 0 Å². The maximum absolute atomic E-state index is 13.6. The number of ether oxygens (including phenoxy) is 4. The molecule has 2 heterocycles. The van der Waals surface area contributed by atoms with Crippen molar-refractivity contribution in [2.45, 2.75) is 56.1 Å². The molecule has 0 saturated carbocycles. The molecule has 16 heteroatoms. The number of aliphatic hydroxyl groups excluding tert-OH is 1. The van der Waals surface area contributed by atoms with Gasteiger partial charge in [0.05, 0.1) is 36.2 Å². The third-order valence-electron chi connectivity index (χ3n) is 7.25. The van der Waals surface area contributed by atoms with E-state index in [1.807, 2.05) is 13.8 Å². The minimum Gasteiger partial charge on any atom is -0.481 e. The Hall–Kier alpha value is -2.75. The number of benzene rings is 2. The monoisotopic (exact) mass is 657 g/mol. The highest BCUT2D eigenvalue weighted by atomic mass is 32.2. The molecule has 244 valence electrons. The number of amides is 1. The first-order chi connectivity index (χ1) is 20.7. The molecule has 0 spiro atoms. The van der Waals surface area contributed by atoms with Crippen LogP contribution in [0.15, 0.2) is 53.4 Å². The molecule has 1 amide bonds. The van der Waals surface area contributed by atoms with Gasteiger partial charge in [0.1, 0.15) is 11.9 Å². The van der Waals surface area contributed by atoms with Crippen molar-refractivity contribution < 1.29 is 51.6 Å². The number of carbonyl (C=O) groups excluding carboxylic acids is 1. The van der Waals surface area contributed by atoms with Gasteiger partial charge in [-0.15, -0.1) is 0 Å². The number of hydrogen-bond donors (Lipinski definition) is 5. The minimum absolute atomic E-state index is 0.0188. The zero-order valence-electron chi connectivity index (χ0n) is 24.5. The minimum atomic E-state index is -4.37. The molecule has 14 nitrogen and oxygen atoms in total. The van der Waals surface area contributed by atoms with E-state index >= 15 is 0 Å².